The number of carbonyl (C=O) groups is 1. The third-order valence-electron chi connectivity index (χ3n) is 3.44. The van der Waals surface area contributed by atoms with Crippen LogP contribution in [0.1, 0.15) is 33.6 Å². The predicted octanol–water partition coefficient (Wildman–Crippen LogP) is 1.64. The molecular weight excluding hydrogens is 272 g/mol. The molecule has 6 nitrogen and oxygen atoms in total. The summed E-state index contributed by atoms with van der Waals surface area (Å²) in [5, 5.41) is 3.36. The molecule has 6 heteroatoms. The average Bonchev–Trinajstić information content (AvgIpc) is 2.84. The number of ether oxygens (including phenoxy) is 3. The van der Waals surface area contributed by atoms with Gasteiger partial charge in [-0.15, -0.1) is 0 Å². The maximum absolute atomic E-state index is 12.2. The van der Waals surface area contributed by atoms with Crippen LogP contribution in [0.25, 0.3) is 0 Å². The Labute approximate surface area is 128 Å². The Morgan fingerprint density at radius 1 is 1.38 bits per heavy atom. The highest BCUT2D eigenvalue weighted by atomic mass is 16.6. The molecule has 124 valence electrons. The summed E-state index contributed by atoms with van der Waals surface area (Å²) in [6.45, 7) is 8.47. The lowest BCUT2D eigenvalue weighted by molar-refractivity contribution is 0.0196. The van der Waals surface area contributed by atoms with E-state index in [1.807, 2.05) is 25.7 Å². The van der Waals surface area contributed by atoms with Gasteiger partial charge in [0.1, 0.15) is 5.60 Å². The summed E-state index contributed by atoms with van der Waals surface area (Å²) < 4.78 is 15.8. The zero-order valence-corrected chi connectivity index (χ0v) is 14.0. The molecule has 2 unspecified atom stereocenters. The lowest BCUT2D eigenvalue weighted by atomic mass is 10.2. The molecule has 2 atom stereocenters. The highest BCUT2D eigenvalue weighted by molar-refractivity contribution is 5.69. The summed E-state index contributed by atoms with van der Waals surface area (Å²) >= 11 is 0. The normalized spacial score (nSPS) is 20.6. The summed E-state index contributed by atoms with van der Waals surface area (Å²) in [5.41, 5.74) is -0.447. The van der Waals surface area contributed by atoms with Gasteiger partial charge in [0, 0.05) is 39.9 Å². The van der Waals surface area contributed by atoms with Crippen LogP contribution in [0.15, 0.2) is 0 Å². The van der Waals surface area contributed by atoms with Gasteiger partial charge in [0.05, 0.1) is 12.7 Å². The molecule has 0 bridgehead atoms. The summed E-state index contributed by atoms with van der Waals surface area (Å²) in [4.78, 5) is 14.0. The lowest BCUT2D eigenvalue weighted by Gasteiger charge is -2.29. The van der Waals surface area contributed by atoms with E-state index in [0.29, 0.717) is 13.2 Å². The van der Waals surface area contributed by atoms with Gasteiger partial charge in [0.2, 0.25) is 0 Å². The van der Waals surface area contributed by atoms with E-state index >= 15 is 0 Å². The predicted molar refractivity (Wildman–Crippen MR) is 81.5 cm³/mol. The highest BCUT2D eigenvalue weighted by Crippen LogP contribution is 2.20. The largest absolute Gasteiger partial charge is 0.444 e. The third kappa shape index (κ3) is 6.63. The number of hydrogen-bond donors (Lipinski definition) is 1. The van der Waals surface area contributed by atoms with E-state index in [9.17, 15) is 4.79 Å². The van der Waals surface area contributed by atoms with Gasteiger partial charge in [-0.25, -0.2) is 4.79 Å². The van der Waals surface area contributed by atoms with Crippen LogP contribution in [-0.4, -0.2) is 69.2 Å². The van der Waals surface area contributed by atoms with E-state index in [4.69, 9.17) is 14.2 Å². The fourth-order valence-electron chi connectivity index (χ4n) is 2.42. The van der Waals surface area contributed by atoms with Crippen LogP contribution in [-0.2, 0) is 14.2 Å². The van der Waals surface area contributed by atoms with Gasteiger partial charge in [-0.1, -0.05) is 0 Å². The molecule has 1 aliphatic heterocycles. The summed E-state index contributed by atoms with van der Waals surface area (Å²) in [5.74, 6) is 0. The van der Waals surface area contributed by atoms with Gasteiger partial charge in [0.25, 0.3) is 0 Å². The molecule has 0 aromatic rings. The number of nitrogens with one attached hydrogen (secondary N) is 1. The minimum Gasteiger partial charge on any atom is -0.444 e. The van der Waals surface area contributed by atoms with Crippen LogP contribution in [0.3, 0.4) is 0 Å². The number of rotatable bonds is 7. The standard InChI is InChI=1S/C15H30N2O4/c1-15(2,3)21-14(18)17-8-6-7-12(17)9-16-10-13(20-5)11-19-4/h12-13,16H,6-11H2,1-5H3. The van der Waals surface area contributed by atoms with Crippen molar-refractivity contribution >= 4 is 6.09 Å². The Morgan fingerprint density at radius 3 is 2.67 bits per heavy atom. The van der Waals surface area contributed by atoms with Gasteiger partial charge in [-0.05, 0) is 33.6 Å². The van der Waals surface area contributed by atoms with Crippen molar-refractivity contribution < 1.29 is 19.0 Å². The molecule has 1 amide bonds. The Kier molecular flexibility index (Phi) is 7.42. The molecule has 0 spiro atoms. The van der Waals surface area contributed by atoms with Crippen LogP contribution in [0, 0.1) is 0 Å². The van der Waals surface area contributed by atoms with Crippen molar-refractivity contribution in [2.24, 2.45) is 0 Å². The van der Waals surface area contributed by atoms with Crippen molar-refractivity contribution in [2.75, 3.05) is 40.5 Å². The maximum Gasteiger partial charge on any atom is 0.410 e. The lowest BCUT2D eigenvalue weighted by Crippen LogP contribution is -2.45. The molecule has 0 radical (unpaired) electrons. The molecule has 0 aromatic heterocycles. The first kappa shape index (κ1) is 18.2. The summed E-state index contributed by atoms with van der Waals surface area (Å²) in [6, 6.07) is 0.194. The second-order valence-electron chi connectivity index (χ2n) is 6.44. The zero-order valence-electron chi connectivity index (χ0n) is 14.0. The van der Waals surface area contributed by atoms with Crippen LogP contribution in [0.2, 0.25) is 0 Å². The Morgan fingerprint density at radius 2 is 2.10 bits per heavy atom. The van der Waals surface area contributed by atoms with Crippen molar-refractivity contribution in [3.8, 4) is 0 Å². The first-order valence-electron chi connectivity index (χ1n) is 7.59. The highest BCUT2D eigenvalue weighted by Gasteiger charge is 2.31. The second kappa shape index (κ2) is 8.56. The topological polar surface area (TPSA) is 60.0 Å². The quantitative estimate of drug-likeness (QED) is 0.774. The Balaban J connectivity index is 2.38. The van der Waals surface area contributed by atoms with Crippen molar-refractivity contribution in [3.05, 3.63) is 0 Å². The van der Waals surface area contributed by atoms with Crippen molar-refractivity contribution in [2.45, 2.75) is 51.4 Å². The fourth-order valence-corrected chi connectivity index (χ4v) is 2.42. The maximum atomic E-state index is 12.2. The molecule has 1 heterocycles. The molecule has 21 heavy (non-hydrogen) atoms. The minimum atomic E-state index is -0.447. The first-order chi connectivity index (χ1) is 9.87. The number of hydrogen-bond acceptors (Lipinski definition) is 5. The number of amides is 1. The smallest absolute Gasteiger partial charge is 0.410 e. The summed E-state index contributed by atoms with van der Waals surface area (Å²) in [6.07, 6.45) is 1.85. The van der Waals surface area contributed by atoms with E-state index in [2.05, 4.69) is 5.32 Å². The van der Waals surface area contributed by atoms with Crippen molar-refractivity contribution in [1.82, 2.24) is 10.2 Å². The monoisotopic (exact) mass is 302 g/mol. The van der Waals surface area contributed by atoms with Gasteiger partial charge >= 0.3 is 6.09 Å². The third-order valence-corrected chi connectivity index (χ3v) is 3.44. The Hall–Kier alpha value is -0.850. The van der Waals surface area contributed by atoms with Crippen molar-refractivity contribution in [3.63, 3.8) is 0 Å². The van der Waals surface area contributed by atoms with Crippen LogP contribution < -0.4 is 5.32 Å². The molecule has 1 N–H and O–H groups in total. The van der Waals surface area contributed by atoms with Crippen LogP contribution in [0.4, 0.5) is 4.79 Å². The molecule has 0 saturated carbocycles. The number of methoxy groups -OCH3 is 2. The number of nitrogens with zero attached hydrogens (tertiary/aromatic N) is 1. The molecule has 1 fully saturated rings. The number of likely N-dealkylation sites (tertiary alicyclic amines) is 1. The molecular formula is C15H30N2O4. The van der Waals surface area contributed by atoms with Gasteiger partial charge in [0.15, 0.2) is 0 Å². The first-order valence-corrected chi connectivity index (χ1v) is 7.59. The zero-order chi connectivity index (χ0) is 15.9. The van der Waals surface area contributed by atoms with E-state index in [1.54, 1.807) is 14.2 Å². The SMILES string of the molecule is COCC(CNCC1CCCN1C(=O)OC(C)(C)C)OC. The molecule has 1 saturated heterocycles. The van der Waals surface area contributed by atoms with Gasteiger partial charge in [-0.2, -0.15) is 0 Å². The molecule has 0 aromatic carbocycles. The number of carbonyl (C=O) groups excluding carboxylic acids is 1. The minimum absolute atomic E-state index is 0.0337. The van der Waals surface area contributed by atoms with Gasteiger partial charge in [-0.3, -0.25) is 0 Å². The van der Waals surface area contributed by atoms with Crippen LogP contribution >= 0.6 is 0 Å². The van der Waals surface area contributed by atoms with E-state index in [-0.39, 0.29) is 18.2 Å². The van der Waals surface area contributed by atoms with E-state index in [1.165, 1.54) is 0 Å². The van der Waals surface area contributed by atoms with Gasteiger partial charge < -0.3 is 24.4 Å². The molecule has 1 aliphatic rings. The molecule has 0 aliphatic carbocycles. The summed E-state index contributed by atoms with van der Waals surface area (Å²) in [7, 11) is 3.33. The fraction of sp³-hybridized carbons (Fsp3) is 0.933. The second-order valence-corrected chi connectivity index (χ2v) is 6.44. The van der Waals surface area contributed by atoms with Crippen molar-refractivity contribution in [1.29, 1.82) is 0 Å². The van der Waals surface area contributed by atoms with E-state index < -0.39 is 5.60 Å². The average molecular weight is 302 g/mol. The molecule has 1 rings (SSSR count). The Bertz CT molecular complexity index is 317. The van der Waals surface area contributed by atoms with E-state index in [0.717, 1.165) is 25.9 Å². The van der Waals surface area contributed by atoms with Crippen LogP contribution in [0.5, 0.6) is 0 Å².